The average Bonchev–Trinajstić information content (AvgIpc) is 3.01. The Balaban J connectivity index is 2.45. The molecule has 1 aromatic heterocycles. The van der Waals surface area contributed by atoms with Gasteiger partial charge in [0.1, 0.15) is 5.52 Å². The average molecular weight is 428 g/mol. The van der Waals surface area contributed by atoms with Crippen molar-refractivity contribution >= 4 is 34.4 Å². The Morgan fingerprint density at radius 3 is 2.41 bits per heavy atom. The molecule has 11 heteroatoms. The van der Waals surface area contributed by atoms with E-state index in [1.54, 1.807) is 0 Å². The normalized spacial score (nSPS) is 11.6. The summed E-state index contributed by atoms with van der Waals surface area (Å²) in [4.78, 5) is 32.9. The molecule has 1 heterocycles. The van der Waals surface area contributed by atoms with E-state index in [0.717, 1.165) is 16.8 Å². The molecule has 0 saturated heterocycles. The number of aromatic nitrogens is 1. The van der Waals surface area contributed by atoms with E-state index >= 15 is 0 Å². The third-order valence-electron chi connectivity index (χ3n) is 4.15. The third-order valence-corrected chi connectivity index (χ3v) is 4.45. The Morgan fingerprint density at radius 1 is 1.17 bits per heavy atom. The highest BCUT2D eigenvalue weighted by Crippen LogP contribution is 2.45. The summed E-state index contributed by atoms with van der Waals surface area (Å²) >= 11 is 6.12. The lowest BCUT2D eigenvalue weighted by Crippen LogP contribution is -2.18. The van der Waals surface area contributed by atoms with E-state index in [1.165, 1.54) is 25.3 Å². The summed E-state index contributed by atoms with van der Waals surface area (Å²) in [5, 5.41) is -0.187. The van der Waals surface area contributed by atoms with Crippen LogP contribution in [-0.4, -0.2) is 23.6 Å². The van der Waals surface area contributed by atoms with Crippen molar-refractivity contribution in [3.63, 3.8) is 0 Å². The molecule has 29 heavy (non-hydrogen) atoms. The third kappa shape index (κ3) is 3.59. The number of hydrogen-bond donors (Lipinski definition) is 2. The fraction of sp³-hybridized carbons (Fsp3) is 0.111. The van der Waals surface area contributed by atoms with Crippen LogP contribution < -0.4 is 16.4 Å². The van der Waals surface area contributed by atoms with Crippen LogP contribution in [0.4, 0.5) is 18.0 Å². The highest BCUT2D eigenvalue weighted by molar-refractivity contribution is 6.34. The van der Waals surface area contributed by atoms with Gasteiger partial charge in [-0.1, -0.05) is 23.7 Å². The van der Waals surface area contributed by atoms with Crippen LogP contribution in [0.3, 0.4) is 0 Å². The second kappa shape index (κ2) is 7.30. The standard InChI is InChI=1S/C18H13ClF3N3O4/c1-28-29-13-4-2-3-9-10(7-25(15(9)13)17(24)27)14-11(18(20,21)22)5-8(16(23)26)6-12(14)19/h2-7H,1H3,(H2,23,26)(H2,24,27). The largest absolute Gasteiger partial charge is 0.417 e. The van der Waals surface area contributed by atoms with E-state index in [1.807, 2.05) is 0 Å². The van der Waals surface area contributed by atoms with Crippen LogP contribution in [0.2, 0.25) is 5.02 Å². The molecule has 0 saturated carbocycles. The van der Waals surface area contributed by atoms with Gasteiger partial charge in [0.2, 0.25) is 5.91 Å². The van der Waals surface area contributed by atoms with Crippen LogP contribution >= 0.6 is 11.6 Å². The molecule has 4 N–H and O–H groups in total. The van der Waals surface area contributed by atoms with Crippen molar-refractivity contribution < 1.29 is 32.5 Å². The smallest absolute Gasteiger partial charge is 0.366 e. The first-order valence-electron chi connectivity index (χ1n) is 7.91. The molecule has 0 unspecified atom stereocenters. The van der Waals surface area contributed by atoms with Crippen molar-refractivity contribution in [3.05, 3.63) is 52.7 Å². The van der Waals surface area contributed by atoms with Gasteiger partial charge in [0.15, 0.2) is 5.75 Å². The molecule has 152 valence electrons. The number of para-hydroxylation sites is 1. The van der Waals surface area contributed by atoms with E-state index in [4.69, 9.17) is 28.0 Å². The van der Waals surface area contributed by atoms with Gasteiger partial charge in [-0.15, -0.1) is 0 Å². The van der Waals surface area contributed by atoms with Gasteiger partial charge in [0.05, 0.1) is 12.7 Å². The van der Waals surface area contributed by atoms with Gasteiger partial charge in [-0.2, -0.15) is 18.1 Å². The molecule has 0 bridgehead atoms. The summed E-state index contributed by atoms with van der Waals surface area (Å²) in [5.41, 5.74) is 8.48. The summed E-state index contributed by atoms with van der Waals surface area (Å²) in [6.07, 6.45) is -3.76. The number of amides is 2. The lowest BCUT2D eigenvalue weighted by molar-refractivity contribution is -0.177. The van der Waals surface area contributed by atoms with Gasteiger partial charge in [0, 0.05) is 33.3 Å². The zero-order chi connectivity index (χ0) is 21.5. The molecular weight excluding hydrogens is 415 g/mol. The summed E-state index contributed by atoms with van der Waals surface area (Å²) < 4.78 is 42.2. The minimum absolute atomic E-state index is 0.0475. The van der Waals surface area contributed by atoms with E-state index in [0.29, 0.717) is 6.07 Å². The first-order chi connectivity index (χ1) is 13.6. The molecule has 2 aromatic carbocycles. The maximum absolute atomic E-state index is 13.8. The van der Waals surface area contributed by atoms with Gasteiger partial charge in [-0.05, 0) is 18.2 Å². The number of benzene rings is 2. The van der Waals surface area contributed by atoms with E-state index in [2.05, 4.69) is 4.89 Å². The van der Waals surface area contributed by atoms with Crippen molar-refractivity contribution in [1.82, 2.24) is 4.57 Å². The Bertz CT molecular complexity index is 1140. The minimum atomic E-state index is -4.87. The number of fused-ring (bicyclic) bond motifs is 1. The summed E-state index contributed by atoms with van der Waals surface area (Å²) in [6.45, 7) is 0. The number of carbonyl (C=O) groups excluding carboxylic acids is 2. The van der Waals surface area contributed by atoms with E-state index in [9.17, 15) is 22.8 Å². The molecule has 0 spiro atoms. The Hall–Kier alpha value is -3.24. The predicted molar refractivity (Wildman–Crippen MR) is 98.5 cm³/mol. The SMILES string of the molecule is COOc1cccc2c(-c3c(Cl)cc(C(N)=O)cc3C(F)(F)F)cn(C(N)=O)c12. The van der Waals surface area contributed by atoms with E-state index in [-0.39, 0.29) is 27.2 Å². The molecule has 0 aliphatic heterocycles. The number of nitrogens with two attached hydrogens (primary N) is 2. The van der Waals surface area contributed by atoms with Crippen molar-refractivity contribution in [2.24, 2.45) is 11.5 Å². The van der Waals surface area contributed by atoms with Crippen LogP contribution in [0.25, 0.3) is 22.0 Å². The zero-order valence-electron chi connectivity index (χ0n) is 14.7. The van der Waals surface area contributed by atoms with Crippen LogP contribution in [-0.2, 0) is 11.1 Å². The highest BCUT2D eigenvalue weighted by Gasteiger charge is 2.37. The Kier molecular flexibility index (Phi) is 5.16. The number of alkyl halides is 3. The number of primary amides is 2. The maximum Gasteiger partial charge on any atom is 0.417 e. The Labute approximate surface area is 166 Å². The van der Waals surface area contributed by atoms with Crippen molar-refractivity contribution in [2.75, 3.05) is 7.11 Å². The molecule has 0 radical (unpaired) electrons. The number of carbonyl (C=O) groups is 2. The predicted octanol–water partition coefficient (Wildman–Crippen LogP) is 3.95. The molecule has 3 aromatic rings. The lowest BCUT2D eigenvalue weighted by atomic mass is 9.96. The second-order valence-electron chi connectivity index (χ2n) is 5.90. The minimum Gasteiger partial charge on any atom is -0.366 e. The fourth-order valence-corrected chi connectivity index (χ4v) is 3.35. The van der Waals surface area contributed by atoms with Gasteiger partial charge >= 0.3 is 12.2 Å². The van der Waals surface area contributed by atoms with Gasteiger partial charge in [-0.3, -0.25) is 9.36 Å². The fourth-order valence-electron chi connectivity index (χ4n) is 3.03. The van der Waals surface area contributed by atoms with Crippen LogP contribution in [0.1, 0.15) is 15.9 Å². The van der Waals surface area contributed by atoms with Crippen LogP contribution in [0.5, 0.6) is 5.75 Å². The molecule has 0 aliphatic rings. The van der Waals surface area contributed by atoms with Crippen molar-refractivity contribution in [1.29, 1.82) is 0 Å². The molecule has 3 rings (SSSR count). The quantitative estimate of drug-likeness (QED) is 0.485. The second-order valence-corrected chi connectivity index (χ2v) is 6.30. The molecule has 0 atom stereocenters. The molecule has 0 fully saturated rings. The first kappa shape index (κ1) is 20.5. The van der Waals surface area contributed by atoms with Gasteiger partial charge < -0.3 is 16.4 Å². The molecule has 2 amide bonds. The summed E-state index contributed by atoms with van der Waals surface area (Å²) in [5.74, 6) is -1.02. The topological polar surface area (TPSA) is 110 Å². The summed E-state index contributed by atoms with van der Waals surface area (Å²) in [7, 11) is 1.22. The first-order valence-corrected chi connectivity index (χ1v) is 8.29. The van der Waals surface area contributed by atoms with E-state index < -0.39 is 34.8 Å². The van der Waals surface area contributed by atoms with Crippen LogP contribution in [0, 0.1) is 0 Å². The van der Waals surface area contributed by atoms with Gasteiger partial charge in [-0.25, -0.2) is 4.79 Å². The number of rotatable bonds is 4. The lowest BCUT2D eigenvalue weighted by Gasteiger charge is -2.15. The maximum atomic E-state index is 13.8. The van der Waals surface area contributed by atoms with Gasteiger partial charge in [0.25, 0.3) is 0 Å². The van der Waals surface area contributed by atoms with Crippen LogP contribution in [0.15, 0.2) is 36.5 Å². The number of hydrogen-bond acceptors (Lipinski definition) is 4. The molecular formula is C18H13ClF3N3O4. The molecule has 0 aliphatic carbocycles. The van der Waals surface area contributed by atoms with Crippen molar-refractivity contribution in [2.45, 2.75) is 6.18 Å². The molecule has 7 nitrogen and oxygen atoms in total. The monoisotopic (exact) mass is 427 g/mol. The van der Waals surface area contributed by atoms with Crippen molar-refractivity contribution in [3.8, 4) is 16.9 Å². The number of halogens is 4. The summed E-state index contributed by atoms with van der Waals surface area (Å²) in [6, 6.07) is 5.06. The highest BCUT2D eigenvalue weighted by atomic mass is 35.5. The zero-order valence-corrected chi connectivity index (χ0v) is 15.5. The number of nitrogens with zero attached hydrogens (tertiary/aromatic N) is 1. The Morgan fingerprint density at radius 2 is 1.86 bits per heavy atom.